The summed E-state index contributed by atoms with van der Waals surface area (Å²) in [5.41, 5.74) is 7.91. The predicted octanol–water partition coefficient (Wildman–Crippen LogP) is 2.66. The Hall–Kier alpha value is -0.380. The molecule has 1 aromatic rings. The summed E-state index contributed by atoms with van der Waals surface area (Å²) in [4.78, 5) is 2.98. The summed E-state index contributed by atoms with van der Waals surface area (Å²) in [5.74, 6) is 0.542. The van der Waals surface area contributed by atoms with Crippen LogP contribution in [0.2, 0.25) is 0 Å². The van der Waals surface area contributed by atoms with Gasteiger partial charge in [-0.05, 0) is 43.7 Å². The number of aryl methyl sites for hydroxylation is 2. The number of hydrogen-bond acceptors (Lipinski definition) is 3. The molecule has 2 aliphatic rings. The molecule has 1 fully saturated rings. The van der Waals surface area contributed by atoms with Crippen LogP contribution in [-0.4, -0.2) is 13.2 Å². The summed E-state index contributed by atoms with van der Waals surface area (Å²) >= 11 is 1.95. The number of fused-ring (bicyclic) bond motifs is 1. The Morgan fingerprint density at radius 3 is 3.00 bits per heavy atom. The molecule has 0 spiro atoms. The van der Waals surface area contributed by atoms with E-state index in [1.54, 1.807) is 10.4 Å². The molecule has 2 unspecified atom stereocenters. The quantitative estimate of drug-likeness (QED) is 0.858. The molecule has 0 aromatic carbocycles. The zero-order valence-corrected chi connectivity index (χ0v) is 10.4. The molecule has 2 heterocycles. The SMILES string of the molecule is NC(c1cc2c(s1)CCCC2)C1CCOC1. The monoisotopic (exact) mass is 237 g/mol. The first kappa shape index (κ1) is 10.8. The van der Waals surface area contributed by atoms with Gasteiger partial charge in [0.1, 0.15) is 0 Å². The van der Waals surface area contributed by atoms with E-state index < -0.39 is 0 Å². The molecule has 1 aromatic heterocycles. The average Bonchev–Trinajstić information content (AvgIpc) is 2.97. The Morgan fingerprint density at radius 2 is 2.25 bits per heavy atom. The first-order valence-corrected chi connectivity index (χ1v) is 7.11. The standard InChI is InChI=1S/C13H19NOS/c14-13(10-5-6-15-8-10)12-7-9-3-1-2-4-11(9)16-12/h7,10,13H,1-6,8,14H2. The second-order valence-electron chi connectivity index (χ2n) is 4.95. The Balaban J connectivity index is 1.80. The minimum Gasteiger partial charge on any atom is -0.381 e. The van der Waals surface area contributed by atoms with Gasteiger partial charge in [-0.1, -0.05) is 0 Å². The van der Waals surface area contributed by atoms with E-state index in [0.717, 1.165) is 19.6 Å². The van der Waals surface area contributed by atoms with Gasteiger partial charge in [0.15, 0.2) is 0 Å². The largest absolute Gasteiger partial charge is 0.381 e. The minimum absolute atomic E-state index is 0.207. The van der Waals surface area contributed by atoms with E-state index in [1.807, 2.05) is 11.3 Å². The van der Waals surface area contributed by atoms with Gasteiger partial charge in [-0.15, -0.1) is 11.3 Å². The van der Waals surface area contributed by atoms with Crippen molar-refractivity contribution in [3.05, 3.63) is 21.4 Å². The van der Waals surface area contributed by atoms with Crippen molar-refractivity contribution < 1.29 is 4.74 Å². The third-order valence-electron chi connectivity index (χ3n) is 3.82. The Labute approximate surface area is 101 Å². The smallest absolute Gasteiger partial charge is 0.0513 e. The molecule has 3 rings (SSSR count). The van der Waals surface area contributed by atoms with Gasteiger partial charge >= 0.3 is 0 Å². The zero-order chi connectivity index (χ0) is 11.0. The van der Waals surface area contributed by atoms with Gasteiger partial charge < -0.3 is 10.5 Å². The minimum atomic E-state index is 0.207. The zero-order valence-electron chi connectivity index (χ0n) is 9.58. The second-order valence-corrected chi connectivity index (χ2v) is 6.12. The van der Waals surface area contributed by atoms with Gasteiger partial charge in [0, 0.05) is 28.3 Å². The molecule has 1 aliphatic carbocycles. The summed E-state index contributed by atoms with van der Waals surface area (Å²) in [7, 11) is 0. The van der Waals surface area contributed by atoms with Gasteiger partial charge in [0.2, 0.25) is 0 Å². The third-order valence-corrected chi connectivity index (χ3v) is 5.16. The van der Waals surface area contributed by atoms with Gasteiger partial charge in [-0.25, -0.2) is 0 Å². The van der Waals surface area contributed by atoms with Gasteiger partial charge in [0.25, 0.3) is 0 Å². The Kier molecular flexibility index (Phi) is 3.01. The maximum atomic E-state index is 6.34. The summed E-state index contributed by atoms with van der Waals surface area (Å²) in [6.45, 7) is 1.74. The van der Waals surface area contributed by atoms with Gasteiger partial charge in [-0.3, -0.25) is 0 Å². The lowest BCUT2D eigenvalue weighted by Crippen LogP contribution is -2.20. The maximum Gasteiger partial charge on any atom is 0.0513 e. The number of hydrogen-bond donors (Lipinski definition) is 1. The molecule has 0 saturated carbocycles. The van der Waals surface area contributed by atoms with E-state index in [-0.39, 0.29) is 6.04 Å². The van der Waals surface area contributed by atoms with Crippen molar-refractivity contribution in [3.8, 4) is 0 Å². The first-order valence-electron chi connectivity index (χ1n) is 6.29. The second kappa shape index (κ2) is 4.47. The van der Waals surface area contributed by atoms with E-state index in [2.05, 4.69) is 6.07 Å². The molecule has 3 heteroatoms. The summed E-state index contributed by atoms with van der Waals surface area (Å²) in [6, 6.07) is 2.57. The summed E-state index contributed by atoms with van der Waals surface area (Å²) in [5, 5.41) is 0. The first-order chi connectivity index (χ1) is 7.84. The molecular formula is C13H19NOS. The van der Waals surface area contributed by atoms with Crippen LogP contribution < -0.4 is 5.73 Å². The molecule has 0 radical (unpaired) electrons. The van der Waals surface area contributed by atoms with Gasteiger partial charge in [0.05, 0.1) is 6.61 Å². The highest BCUT2D eigenvalue weighted by molar-refractivity contribution is 7.12. The highest BCUT2D eigenvalue weighted by atomic mass is 32.1. The molecule has 88 valence electrons. The third kappa shape index (κ3) is 1.92. The number of rotatable bonds is 2. The summed E-state index contributed by atoms with van der Waals surface area (Å²) in [6.07, 6.45) is 6.37. The van der Waals surface area contributed by atoms with Crippen LogP contribution in [0.5, 0.6) is 0 Å². The van der Waals surface area contributed by atoms with Crippen molar-refractivity contribution in [1.29, 1.82) is 0 Å². The number of ether oxygens (including phenoxy) is 1. The fourth-order valence-electron chi connectivity index (χ4n) is 2.75. The van der Waals surface area contributed by atoms with E-state index in [9.17, 15) is 0 Å². The van der Waals surface area contributed by atoms with E-state index >= 15 is 0 Å². The lowest BCUT2D eigenvalue weighted by molar-refractivity contribution is 0.181. The Bertz CT molecular complexity index is 345. The number of nitrogens with two attached hydrogens (primary N) is 1. The Morgan fingerprint density at radius 1 is 1.38 bits per heavy atom. The fraction of sp³-hybridized carbons (Fsp3) is 0.692. The van der Waals surface area contributed by atoms with E-state index in [4.69, 9.17) is 10.5 Å². The van der Waals surface area contributed by atoms with Crippen LogP contribution in [0, 0.1) is 5.92 Å². The van der Waals surface area contributed by atoms with Crippen LogP contribution >= 0.6 is 11.3 Å². The van der Waals surface area contributed by atoms with Crippen molar-refractivity contribution in [2.45, 2.75) is 38.1 Å². The topological polar surface area (TPSA) is 35.2 Å². The van der Waals surface area contributed by atoms with Gasteiger partial charge in [-0.2, -0.15) is 0 Å². The van der Waals surface area contributed by atoms with Crippen LogP contribution in [0.1, 0.15) is 40.6 Å². The normalized spacial score (nSPS) is 26.7. The van der Waals surface area contributed by atoms with Crippen molar-refractivity contribution in [2.24, 2.45) is 11.7 Å². The lowest BCUT2D eigenvalue weighted by atomic mass is 9.95. The molecule has 0 bridgehead atoms. The van der Waals surface area contributed by atoms with Crippen LogP contribution in [0.25, 0.3) is 0 Å². The predicted molar refractivity (Wildman–Crippen MR) is 66.8 cm³/mol. The molecule has 2 N–H and O–H groups in total. The van der Waals surface area contributed by atoms with Crippen molar-refractivity contribution in [2.75, 3.05) is 13.2 Å². The van der Waals surface area contributed by atoms with Crippen molar-refractivity contribution >= 4 is 11.3 Å². The molecule has 16 heavy (non-hydrogen) atoms. The average molecular weight is 237 g/mol. The van der Waals surface area contributed by atoms with Crippen LogP contribution in [0.3, 0.4) is 0 Å². The molecule has 1 aliphatic heterocycles. The van der Waals surface area contributed by atoms with Crippen LogP contribution in [0.15, 0.2) is 6.07 Å². The molecule has 2 nitrogen and oxygen atoms in total. The maximum absolute atomic E-state index is 6.34. The van der Waals surface area contributed by atoms with E-state index in [1.165, 1.54) is 30.6 Å². The van der Waals surface area contributed by atoms with Crippen molar-refractivity contribution in [1.82, 2.24) is 0 Å². The molecule has 1 saturated heterocycles. The highest BCUT2D eigenvalue weighted by Gasteiger charge is 2.26. The molecular weight excluding hydrogens is 218 g/mol. The van der Waals surface area contributed by atoms with Crippen LogP contribution in [-0.2, 0) is 17.6 Å². The van der Waals surface area contributed by atoms with Crippen molar-refractivity contribution in [3.63, 3.8) is 0 Å². The van der Waals surface area contributed by atoms with E-state index in [0.29, 0.717) is 5.92 Å². The molecule has 2 atom stereocenters. The highest BCUT2D eigenvalue weighted by Crippen LogP contribution is 2.36. The molecule has 0 amide bonds. The number of thiophene rings is 1. The summed E-state index contributed by atoms with van der Waals surface area (Å²) < 4.78 is 5.43. The van der Waals surface area contributed by atoms with Crippen LogP contribution in [0.4, 0.5) is 0 Å². The lowest BCUT2D eigenvalue weighted by Gasteiger charge is -2.15. The fourth-order valence-corrected chi connectivity index (χ4v) is 4.10.